The van der Waals surface area contributed by atoms with E-state index in [1.165, 1.54) is 6.08 Å². The largest absolute Gasteiger partial charge is 0.494 e. The van der Waals surface area contributed by atoms with Crippen LogP contribution in [0.2, 0.25) is 0 Å². The molecule has 0 fully saturated rings. The van der Waals surface area contributed by atoms with E-state index in [2.05, 4.69) is 6.58 Å². The first-order valence-electron chi connectivity index (χ1n) is 8.62. The van der Waals surface area contributed by atoms with Gasteiger partial charge in [0.1, 0.15) is 5.75 Å². The van der Waals surface area contributed by atoms with E-state index in [9.17, 15) is 9.59 Å². The van der Waals surface area contributed by atoms with Crippen LogP contribution < -0.4 is 4.74 Å². The lowest BCUT2D eigenvalue weighted by atomic mass is 9.99. The average Bonchev–Trinajstić information content (AvgIpc) is 2.65. The van der Waals surface area contributed by atoms with Gasteiger partial charge in [-0.2, -0.15) is 0 Å². The molecule has 0 unspecified atom stereocenters. The molecular formula is C21H24O4. The number of hydrogen-bond acceptors (Lipinski definition) is 4. The van der Waals surface area contributed by atoms with Crippen LogP contribution >= 0.6 is 0 Å². The van der Waals surface area contributed by atoms with Crippen molar-refractivity contribution < 1.29 is 19.1 Å². The molecule has 0 amide bonds. The molecule has 1 aromatic carbocycles. The van der Waals surface area contributed by atoms with Crippen molar-refractivity contribution in [2.45, 2.75) is 32.1 Å². The zero-order chi connectivity index (χ0) is 17.9. The van der Waals surface area contributed by atoms with Crippen molar-refractivity contribution >= 4 is 17.3 Å². The first-order chi connectivity index (χ1) is 12.2. The van der Waals surface area contributed by atoms with Gasteiger partial charge in [0.15, 0.2) is 5.78 Å². The minimum Gasteiger partial charge on any atom is -0.494 e. The van der Waals surface area contributed by atoms with Crippen molar-refractivity contribution in [2.24, 2.45) is 0 Å². The number of ether oxygens (including phenoxy) is 2. The third-order valence-electron chi connectivity index (χ3n) is 3.88. The predicted octanol–water partition coefficient (Wildman–Crippen LogP) is 4.27. The van der Waals surface area contributed by atoms with Crippen LogP contribution in [0, 0.1) is 0 Å². The third kappa shape index (κ3) is 6.79. The number of unbranched alkanes of at least 4 members (excludes halogenated alkanes) is 3. The topological polar surface area (TPSA) is 52.6 Å². The number of carbonyl (C=O) groups excluding carboxylic acids is 2. The molecule has 0 aliphatic heterocycles. The highest BCUT2D eigenvalue weighted by atomic mass is 16.5. The zero-order valence-electron chi connectivity index (χ0n) is 14.4. The summed E-state index contributed by atoms with van der Waals surface area (Å²) in [6.07, 6.45) is 10.9. The maximum atomic E-state index is 11.2. The van der Waals surface area contributed by atoms with Crippen LogP contribution in [0.4, 0.5) is 0 Å². The van der Waals surface area contributed by atoms with Gasteiger partial charge in [0.05, 0.1) is 13.2 Å². The Hall–Kier alpha value is -2.62. The van der Waals surface area contributed by atoms with Crippen molar-refractivity contribution in [3.63, 3.8) is 0 Å². The molecule has 1 aliphatic rings. The summed E-state index contributed by atoms with van der Waals surface area (Å²) in [6, 6.07) is 7.93. The lowest BCUT2D eigenvalue weighted by molar-refractivity contribution is -0.137. The lowest BCUT2D eigenvalue weighted by Crippen LogP contribution is -2.02. The van der Waals surface area contributed by atoms with E-state index in [4.69, 9.17) is 9.47 Å². The third-order valence-corrected chi connectivity index (χ3v) is 3.88. The molecule has 4 heteroatoms. The summed E-state index contributed by atoms with van der Waals surface area (Å²) in [6.45, 7) is 4.47. The van der Waals surface area contributed by atoms with Crippen LogP contribution in [-0.2, 0) is 14.3 Å². The molecule has 0 bridgehead atoms. The Morgan fingerprint density at radius 2 is 1.76 bits per heavy atom. The van der Waals surface area contributed by atoms with Crippen LogP contribution in [0.1, 0.15) is 37.7 Å². The van der Waals surface area contributed by atoms with Gasteiger partial charge in [-0.1, -0.05) is 30.9 Å². The molecule has 1 aliphatic carbocycles. The van der Waals surface area contributed by atoms with Gasteiger partial charge < -0.3 is 9.47 Å². The minimum atomic E-state index is -0.363. The van der Waals surface area contributed by atoms with E-state index in [0.29, 0.717) is 19.6 Å². The molecule has 132 valence electrons. The Labute approximate surface area is 148 Å². The van der Waals surface area contributed by atoms with E-state index in [-0.39, 0.29) is 11.8 Å². The van der Waals surface area contributed by atoms with Gasteiger partial charge in [0.2, 0.25) is 0 Å². The normalized spacial score (nSPS) is 13.3. The van der Waals surface area contributed by atoms with Crippen LogP contribution in [0.25, 0.3) is 5.57 Å². The lowest BCUT2D eigenvalue weighted by Gasteiger charge is -2.09. The number of carbonyl (C=O) groups is 2. The van der Waals surface area contributed by atoms with E-state index in [0.717, 1.165) is 42.6 Å². The van der Waals surface area contributed by atoms with Crippen molar-refractivity contribution in [1.29, 1.82) is 0 Å². The second-order valence-corrected chi connectivity index (χ2v) is 5.82. The molecule has 2 rings (SSSR count). The van der Waals surface area contributed by atoms with Crippen molar-refractivity contribution in [3.05, 3.63) is 60.7 Å². The molecule has 25 heavy (non-hydrogen) atoms. The number of hydrogen-bond donors (Lipinski definition) is 0. The van der Waals surface area contributed by atoms with Crippen LogP contribution in [0.3, 0.4) is 0 Å². The summed E-state index contributed by atoms with van der Waals surface area (Å²) >= 11 is 0. The molecule has 0 radical (unpaired) electrons. The van der Waals surface area contributed by atoms with E-state index in [1.807, 2.05) is 36.4 Å². The predicted molar refractivity (Wildman–Crippen MR) is 98.3 cm³/mol. The zero-order valence-corrected chi connectivity index (χ0v) is 14.4. The molecule has 0 atom stereocenters. The van der Waals surface area contributed by atoms with E-state index >= 15 is 0 Å². The monoisotopic (exact) mass is 340 g/mol. The van der Waals surface area contributed by atoms with E-state index < -0.39 is 0 Å². The number of ketones is 1. The van der Waals surface area contributed by atoms with Crippen molar-refractivity contribution in [1.82, 2.24) is 0 Å². The molecule has 0 heterocycles. The highest BCUT2D eigenvalue weighted by Crippen LogP contribution is 2.22. The Kier molecular flexibility index (Phi) is 7.70. The van der Waals surface area contributed by atoms with Gasteiger partial charge in [0.25, 0.3) is 0 Å². The summed E-state index contributed by atoms with van der Waals surface area (Å²) in [4.78, 5) is 22.1. The van der Waals surface area contributed by atoms with Gasteiger partial charge in [-0.05, 0) is 55.0 Å². The number of rotatable bonds is 10. The Morgan fingerprint density at radius 1 is 1.04 bits per heavy atom. The summed E-state index contributed by atoms with van der Waals surface area (Å²) in [5.74, 6) is 0.626. The number of benzene rings is 1. The summed E-state index contributed by atoms with van der Waals surface area (Å²) in [5, 5.41) is 0. The van der Waals surface area contributed by atoms with Crippen molar-refractivity contribution in [3.8, 4) is 5.75 Å². The maximum Gasteiger partial charge on any atom is 0.330 e. The number of allylic oxidation sites excluding steroid dienone is 4. The molecule has 0 N–H and O–H groups in total. The van der Waals surface area contributed by atoms with E-state index in [1.54, 1.807) is 6.08 Å². The second kappa shape index (κ2) is 10.3. The molecule has 0 aromatic heterocycles. The molecule has 0 saturated heterocycles. The van der Waals surface area contributed by atoms with Gasteiger partial charge in [0, 0.05) is 12.5 Å². The fraction of sp³-hybridized carbons (Fsp3) is 0.333. The molecule has 0 spiro atoms. The molecule has 1 aromatic rings. The first kappa shape index (κ1) is 18.7. The van der Waals surface area contributed by atoms with Crippen LogP contribution in [-0.4, -0.2) is 25.0 Å². The average molecular weight is 340 g/mol. The Bertz CT molecular complexity index is 653. The molecule has 0 saturated carbocycles. The fourth-order valence-electron chi connectivity index (χ4n) is 2.47. The Morgan fingerprint density at radius 3 is 2.40 bits per heavy atom. The first-order valence-corrected chi connectivity index (χ1v) is 8.62. The van der Waals surface area contributed by atoms with Gasteiger partial charge in [-0.25, -0.2) is 4.79 Å². The fourth-order valence-corrected chi connectivity index (χ4v) is 2.47. The van der Waals surface area contributed by atoms with Gasteiger partial charge >= 0.3 is 5.97 Å². The van der Waals surface area contributed by atoms with Crippen LogP contribution in [0.5, 0.6) is 5.75 Å². The smallest absolute Gasteiger partial charge is 0.330 e. The highest BCUT2D eigenvalue weighted by molar-refractivity contribution is 5.97. The molecular weight excluding hydrogens is 316 g/mol. The highest BCUT2D eigenvalue weighted by Gasteiger charge is 2.05. The SMILES string of the molecule is C=CC(=O)OCCCCCCOc1ccc(C2=CCC(=O)C=C2)cc1. The minimum absolute atomic E-state index is 0.141. The maximum absolute atomic E-state index is 11.2. The summed E-state index contributed by atoms with van der Waals surface area (Å²) < 4.78 is 10.7. The number of esters is 1. The summed E-state index contributed by atoms with van der Waals surface area (Å²) in [7, 11) is 0. The van der Waals surface area contributed by atoms with Gasteiger partial charge in [-0.15, -0.1) is 0 Å². The Balaban J connectivity index is 1.60. The summed E-state index contributed by atoms with van der Waals surface area (Å²) in [5.41, 5.74) is 2.16. The second-order valence-electron chi connectivity index (χ2n) is 5.82. The molecule has 4 nitrogen and oxygen atoms in total. The quantitative estimate of drug-likeness (QED) is 0.363. The van der Waals surface area contributed by atoms with Crippen LogP contribution in [0.15, 0.2) is 55.1 Å². The van der Waals surface area contributed by atoms with Crippen molar-refractivity contribution in [2.75, 3.05) is 13.2 Å². The standard InChI is InChI=1S/C21H24O4/c1-2-21(23)25-16-6-4-3-5-15-24-20-13-9-18(10-14-20)17-7-11-19(22)12-8-17/h2,7-11,13-14H,1,3-6,12,15-16H2. The van der Waals surface area contributed by atoms with Gasteiger partial charge in [-0.3, -0.25) is 4.79 Å².